The van der Waals surface area contributed by atoms with Crippen molar-refractivity contribution in [2.75, 3.05) is 0 Å². The fraction of sp³-hybridized carbons (Fsp3) is 0.0667. The second-order valence-electron chi connectivity index (χ2n) is 4.25. The second kappa shape index (κ2) is 4.89. The molecular formula is C15H10Cl2O2. The van der Waals surface area contributed by atoms with E-state index in [9.17, 15) is 5.11 Å². The summed E-state index contributed by atoms with van der Waals surface area (Å²) in [6.45, 7) is 0. The minimum Gasteiger partial charge on any atom is -0.458 e. The summed E-state index contributed by atoms with van der Waals surface area (Å²) >= 11 is 12.0. The topological polar surface area (TPSA) is 33.4 Å². The van der Waals surface area contributed by atoms with Gasteiger partial charge in [0.2, 0.25) is 0 Å². The normalized spacial score (nSPS) is 12.8. The number of para-hydroxylation sites is 1. The largest absolute Gasteiger partial charge is 0.458 e. The molecule has 1 unspecified atom stereocenters. The van der Waals surface area contributed by atoms with Crippen molar-refractivity contribution in [3.63, 3.8) is 0 Å². The van der Waals surface area contributed by atoms with Crippen LogP contribution in [0.1, 0.15) is 17.4 Å². The third-order valence-corrected chi connectivity index (χ3v) is 3.55. The van der Waals surface area contributed by atoms with Crippen molar-refractivity contribution < 1.29 is 9.52 Å². The van der Waals surface area contributed by atoms with E-state index in [0.717, 1.165) is 11.0 Å². The van der Waals surface area contributed by atoms with Gasteiger partial charge in [0, 0.05) is 21.0 Å². The first-order valence-electron chi connectivity index (χ1n) is 5.76. The summed E-state index contributed by atoms with van der Waals surface area (Å²) in [5.41, 5.74) is 1.27. The Kier molecular flexibility index (Phi) is 3.23. The second-order valence-corrected chi connectivity index (χ2v) is 5.10. The predicted molar refractivity (Wildman–Crippen MR) is 76.7 cm³/mol. The molecule has 1 N–H and O–H groups in total. The summed E-state index contributed by atoms with van der Waals surface area (Å²) in [5, 5.41) is 12.3. The zero-order valence-electron chi connectivity index (χ0n) is 9.81. The zero-order valence-corrected chi connectivity index (χ0v) is 11.3. The molecule has 0 saturated heterocycles. The number of rotatable bonds is 2. The van der Waals surface area contributed by atoms with Crippen LogP contribution in [0.15, 0.2) is 52.9 Å². The summed E-state index contributed by atoms with van der Waals surface area (Å²) in [6, 6.07) is 14.4. The number of aliphatic hydroxyl groups excluding tert-OH is 1. The Morgan fingerprint density at radius 1 is 1.00 bits per heavy atom. The lowest BCUT2D eigenvalue weighted by Gasteiger charge is -2.10. The Morgan fingerprint density at radius 2 is 1.79 bits per heavy atom. The zero-order chi connectivity index (χ0) is 13.4. The molecule has 0 spiro atoms. The molecule has 0 radical (unpaired) electrons. The number of hydrogen-bond acceptors (Lipinski definition) is 2. The maximum Gasteiger partial charge on any atom is 0.138 e. The summed E-state index contributed by atoms with van der Waals surface area (Å²) in [6.07, 6.45) is -0.932. The van der Waals surface area contributed by atoms with Gasteiger partial charge in [0.25, 0.3) is 0 Å². The van der Waals surface area contributed by atoms with E-state index in [-0.39, 0.29) is 0 Å². The molecule has 3 rings (SSSR count). The van der Waals surface area contributed by atoms with Crippen LogP contribution in [-0.4, -0.2) is 5.11 Å². The third-order valence-electron chi connectivity index (χ3n) is 2.97. The van der Waals surface area contributed by atoms with Gasteiger partial charge >= 0.3 is 0 Å². The molecule has 4 heteroatoms. The average molecular weight is 293 g/mol. The van der Waals surface area contributed by atoms with Gasteiger partial charge < -0.3 is 9.52 Å². The molecule has 2 nitrogen and oxygen atoms in total. The van der Waals surface area contributed by atoms with Crippen LogP contribution in [0.4, 0.5) is 0 Å². The standard InChI is InChI=1S/C15H10Cl2O2/c16-10-5-6-12(17)11(8-10)15(18)14-7-9-3-1-2-4-13(9)19-14/h1-8,15,18H. The van der Waals surface area contributed by atoms with Gasteiger partial charge in [0.05, 0.1) is 0 Å². The van der Waals surface area contributed by atoms with Crippen molar-refractivity contribution in [3.05, 3.63) is 69.9 Å². The maximum absolute atomic E-state index is 10.4. The molecule has 96 valence electrons. The summed E-state index contributed by atoms with van der Waals surface area (Å²) in [4.78, 5) is 0. The Hall–Kier alpha value is -1.48. The number of furan rings is 1. The molecule has 2 aromatic carbocycles. The lowest BCUT2D eigenvalue weighted by molar-refractivity contribution is 0.192. The van der Waals surface area contributed by atoms with Crippen LogP contribution in [0, 0.1) is 0 Å². The molecule has 0 amide bonds. The van der Waals surface area contributed by atoms with Gasteiger partial charge in [0.15, 0.2) is 0 Å². The van der Waals surface area contributed by atoms with E-state index < -0.39 is 6.10 Å². The molecule has 1 atom stereocenters. The van der Waals surface area contributed by atoms with Gasteiger partial charge in [0.1, 0.15) is 17.4 Å². The van der Waals surface area contributed by atoms with Crippen LogP contribution < -0.4 is 0 Å². The van der Waals surface area contributed by atoms with E-state index in [4.69, 9.17) is 27.6 Å². The first-order chi connectivity index (χ1) is 9.15. The maximum atomic E-state index is 10.4. The first-order valence-corrected chi connectivity index (χ1v) is 6.52. The minimum atomic E-state index is -0.932. The molecule has 0 fully saturated rings. The first kappa shape index (κ1) is 12.5. The molecule has 0 saturated carbocycles. The van der Waals surface area contributed by atoms with E-state index in [0.29, 0.717) is 21.4 Å². The number of fused-ring (bicyclic) bond motifs is 1. The van der Waals surface area contributed by atoms with Crippen molar-refractivity contribution in [3.8, 4) is 0 Å². The van der Waals surface area contributed by atoms with Crippen molar-refractivity contribution in [2.24, 2.45) is 0 Å². The number of hydrogen-bond donors (Lipinski definition) is 1. The minimum absolute atomic E-state index is 0.449. The van der Waals surface area contributed by atoms with Crippen molar-refractivity contribution in [1.29, 1.82) is 0 Å². The van der Waals surface area contributed by atoms with E-state index in [1.807, 2.05) is 24.3 Å². The Bertz CT molecular complexity index is 701. The molecule has 1 heterocycles. The molecule has 0 aliphatic heterocycles. The molecule has 3 aromatic rings. The van der Waals surface area contributed by atoms with Gasteiger partial charge in [-0.25, -0.2) is 0 Å². The summed E-state index contributed by atoms with van der Waals surface area (Å²) < 4.78 is 5.63. The monoisotopic (exact) mass is 292 g/mol. The lowest BCUT2D eigenvalue weighted by Crippen LogP contribution is -1.98. The molecule has 0 aliphatic carbocycles. The number of aliphatic hydroxyl groups is 1. The quantitative estimate of drug-likeness (QED) is 0.734. The van der Waals surface area contributed by atoms with Crippen LogP contribution in [0.2, 0.25) is 10.0 Å². The number of benzene rings is 2. The van der Waals surface area contributed by atoms with E-state index >= 15 is 0 Å². The summed E-state index contributed by atoms with van der Waals surface area (Å²) in [7, 11) is 0. The molecule has 0 bridgehead atoms. The molecule has 0 aliphatic rings. The van der Waals surface area contributed by atoms with Crippen molar-refractivity contribution in [1.82, 2.24) is 0 Å². The highest BCUT2D eigenvalue weighted by Gasteiger charge is 2.18. The lowest BCUT2D eigenvalue weighted by atomic mass is 10.1. The van der Waals surface area contributed by atoms with E-state index in [2.05, 4.69) is 0 Å². The fourth-order valence-electron chi connectivity index (χ4n) is 2.01. The van der Waals surface area contributed by atoms with Gasteiger partial charge in [-0.2, -0.15) is 0 Å². The van der Waals surface area contributed by atoms with E-state index in [1.54, 1.807) is 24.3 Å². The molecule has 1 aromatic heterocycles. The fourth-order valence-corrected chi connectivity index (χ4v) is 2.42. The van der Waals surface area contributed by atoms with Crippen LogP contribution in [0.5, 0.6) is 0 Å². The third kappa shape index (κ3) is 2.35. The van der Waals surface area contributed by atoms with Crippen LogP contribution in [-0.2, 0) is 0 Å². The Balaban J connectivity index is 2.07. The highest BCUT2D eigenvalue weighted by molar-refractivity contribution is 6.33. The van der Waals surface area contributed by atoms with Gasteiger partial charge in [-0.1, -0.05) is 41.4 Å². The average Bonchev–Trinajstić information content (AvgIpc) is 2.84. The Labute approximate surface area is 120 Å². The highest BCUT2D eigenvalue weighted by Crippen LogP contribution is 2.33. The highest BCUT2D eigenvalue weighted by atomic mass is 35.5. The SMILES string of the molecule is OC(c1cc2ccccc2o1)c1cc(Cl)ccc1Cl. The summed E-state index contributed by atoms with van der Waals surface area (Å²) in [5.74, 6) is 0.449. The van der Waals surface area contributed by atoms with E-state index in [1.165, 1.54) is 0 Å². The van der Waals surface area contributed by atoms with Crippen molar-refractivity contribution >= 4 is 34.2 Å². The van der Waals surface area contributed by atoms with Gasteiger partial charge in [-0.3, -0.25) is 0 Å². The van der Waals surface area contributed by atoms with Crippen LogP contribution in [0.3, 0.4) is 0 Å². The predicted octanol–water partition coefficient (Wildman–Crippen LogP) is 4.82. The van der Waals surface area contributed by atoms with Gasteiger partial charge in [-0.15, -0.1) is 0 Å². The Morgan fingerprint density at radius 3 is 2.58 bits per heavy atom. The van der Waals surface area contributed by atoms with Crippen LogP contribution >= 0.6 is 23.2 Å². The smallest absolute Gasteiger partial charge is 0.138 e. The van der Waals surface area contributed by atoms with Crippen molar-refractivity contribution in [2.45, 2.75) is 6.10 Å². The van der Waals surface area contributed by atoms with Gasteiger partial charge in [-0.05, 0) is 30.3 Å². The molecule has 19 heavy (non-hydrogen) atoms. The number of halogens is 2. The molecular weight excluding hydrogens is 283 g/mol. The van der Waals surface area contributed by atoms with Crippen LogP contribution in [0.25, 0.3) is 11.0 Å².